The Hall–Kier alpha value is -2.13. The molecule has 1 aromatic carbocycles. The van der Waals surface area contributed by atoms with Gasteiger partial charge in [-0.3, -0.25) is 0 Å². The summed E-state index contributed by atoms with van der Waals surface area (Å²) < 4.78 is 5.09. The maximum atomic E-state index is 8.99. The molecule has 0 aliphatic carbocycles. The van der Waals surface area contributed by atoms with Crippen molar-refractivity contribution in [2.24, 2.45) is 0 Å². The monoisotopic (exact) mass is 260 g/mol. The van der Waals surface area contributed by atoms with Crippen LogP contribution in [0.15, 0.2) is 18.2 Å². The first-order valence-corrected chi connectivity index (χ1v) is 6.15. The van der Waals surface area contributed by atoms with Crippen molar-refractivity contribution >= 4 is 16.5 Å². The van der Waals surface area contributed by atoms with Gasteiger partial charge in [0.25, 0.3) is 0 Å². The number of methoxy groups -OCH3 is 1. The lowest BCUT2D eigenvalue weighted by molar-refractivity contribution is 0.413. The molecule has 0 aliphatic heterocycles. The van der Waals surface area contributed by atoms with E-state index in [1.54, 1.807) is 19.2 Å². The molecule has 0 atom stereocenters. The van der Waals surface area contributed by atoms with Crippen molar-refractivity contribution in [1.29, 1.82) is 5.26 Å². The summed E-state index contributed by atoms with van der Waals surface area (Å²) in [7, 11) is 1.55. The van der Waals surface area contributed by atoms with Crippen LogP contribution in [0.5, 0.6) is 5.75 Å². The second-order valence-electron chi connectivity index (χ2n) is 3.63. The van der Waals surface area contributed by atoms with Crippen LogP contribution in [0.3, 0.4) is 0 Å². The van der Waals surface area contributed by atoms with Crippen molar-refractivity contribution in [2.75, 3.05) is 12.4 Å². The summed E-state index contributed by atoms with van der Waals surface area (Å²) in [4.78, 5) is 0. The topological polar surface area (TPSA) is 70.8 Å². The molecule has 0 aliphatic rings. The summed E-state index contributed by atoms with van der Waals surface area (Å²) in [5.41, 5.74) is 1.53. The van der Waals surface area contributed by atoms with E-state index in [0.29, 0.717) is 17.9 Å². The smallest absolute Gasteiger partial charge is 0.205 e. The molecule has 0 saturated carbocycles. The van der Waals surface area contributed by atoms with E-state index in [4.69, 9.17) is 10.00 Å². The predicted molar refractivity (Wildman–Crippen MR) is 69.7 cm³/mol. The van der Waals surface area contributed by atoms with Gasteiger partial charge in [0.15, 0.2) is 0 Å². The Morgan fingerprint density at radius 3 is 2.89 bits per heavy atom. The Morgan fingerprint density at radius 1 is 1.44 bits per heavy atom. The number of nitrogens with one attached hydrogen (secondary N) is 1. The standard InChI is InChI=1S/C12H12N4OS/c1-8-15-16-12(18-8)14-7-9-3-4-11(17-2)10(5-9)6-13/h3-5H,7H2,1-2H3,(H,14,16). The largest absolute Gasteiger partial charge is 0.495 e. The van der Waals surface area contributed by atoms with Crippen molar-refractivity contribution in [3.8, 4) is 11.8 Å². The molecule has 1 aromatic heterocycles. The van der Waals surface area contributed by atoms with E-state index in [-0.39, 0.29) is 0 Å². The van der Waals surface area contributed by atoms with Gasteiger partial charge in [-0.25, -0.2) is 0 Å². The van der Waals surface area contributed by atoms with Crippen molar-refractivity contribution < 1.29 is 4.74 Å². The van der Waals surface area contributed by atoms with E-state index in [9.17, 15) is 0 Å². The molecule has 1 N–H and O–H groups in total. The summed E-state index contributed by atoms with van der Waals surface area (Å²) in [5.74, 6) is 0.591. The van der Waals surface area contributed by atoms with Gasteiger partial charge >= 0.3 is 0 Å². The molecule has 1 heterocycles. The molecule has 2 aromatic rings. The minimum absolute atomic E-state index is 0.533. The van der Waals surface area contributed by atoms with Crippen LogP contribution < -0.4 is 10.1 Å². The fraction of sp³-hybridized carbons (Fsp3) is 0.250. The second kappa shape index (κ2) is 5.47. The molecule has 2 rings (SSSR count). The normalized spacial score (nSPS) is 9.83. The quantitative estimate of drug-likeness (QED) is 0.913. The van der Waals surface area contributed by atoms with Gasteiger partial charge in [0, 0.05) is 6.54 Å². The number of benzene rings is 1. The van der Waals surface area contributed by atoms with Crippen LogP contribution in [0.2, 0.25) is 0 Å². The number of anilines is 1. The van der Waals surface area contributed by atoms with Gasteiger partial charge in [-0.1, -0.05) is 17.4 Å². The number of hydrogen-bond acceptors (Lipinski definition) is 6. The van der Waals surface area contributed by atoms with Crippen LogP contribution in [0.1, 0.15) is 16.1 Å². The molecule has 0 spiro atoms. The molecular formula is C12H12N4OS. The highest BCUT2D eigenvalue weighted by Crippen LogP contribution is 2.20. The molecule has 18 heavy (non-hydrogen) atoms. The summed E-state index contributed by atoms with van der Waals surface area (Å²) in [5, 5.41) is 21.8. The molecule has 0 bridgehead atoms. The second-order valence-corrected chi connectivity index (χ2v) is 4.81. The van der Waals surface area contributed by atoms with Gasteiger partial charge in [0.1, 0.15) is 16.8 Å². The zero-order valence-corrected chi connectivity index (χ0v) is 10.9. The first-order valence-electron chi connectivity index (χ1n) is 5.34. The lowest BCUT2D eigenvalue weighted by Crippen LogP contribution is -2.00. The van der Waals surface area contributed by atoms with Crippen LogP contribution in [0.25, 0.3) is 0 Å². The maximum Gasteiger partial charge on any atom is 0.205 e. The number of ether oxygens (including phenoxy) is 1. The SMILES string of the molecule is COc1ccc(CNc2nnc(C)s2)cc1C#N. The highest BCUT2D eigenvalue weighted by Gasteiger charge is 2.04. The van der Waals surface area contributed by atoms with Crippen LogP contribution in [-0.2, 0) is 6.54 Å². The van der Waals surface area contributed by atoms with Gasteiger partial charge in [-0.05, 0) is 24.6 Å². The lowest BCUT2D eigenvalue weighted by Gasteiger charge is -2.06. The van der Waals surface area contributed by atoms with Gasteiger partial charge in [0.2, 0.25) is 5.13 Å². The number of nitrogens with zero attached hydrogens (tertiary/aromatic N) is 3. The number of rotatable bonds is 4. The van der Waals surface area contributed by atoms with Crippen molar-refractivity contribution in [2.45, 2.75) is 13.5 Å². The third kappa shape index (κ3) is 2.76. The van der Waals surface area contributed by atoms with E-state index in [1.807, 2.05) is 13.0 Å². The average Bonchev–Trinajstić information content (AvgIpc) is 2.81. The third-order valence-corrected chi connectivity index (χ3v) is 3.15. The molecule has 0 radical (unpaired) electrons. The first kappa shape index (κ1) is 12.3. The zero-order valence-electron chi connectivity index (χ0n) is 10.1. The molecule has 6 heteroatoms. The van der Waals surface area contributed by atoms with E-state index in [2.05, 4.69) is 21.6 Å². The summed E-state index contributed by atoms with van der Waals surface area (Å²) in [6.45, 7) is 2.51. The Bertz CT molecular complexity index is 588. The maximum absolute atomic E-state index is 8.99. The number of nitriles is 1. The van der Waals surface area contributed by atoms with Crippen molar-refractivity contribution in [1.82, 2.24) is 10.2 Å². The molecule has 5 nitrogen and oxygen atoms in total. The van der Waals surface area contributed by atoms with E-state index in [0.717, 1.165) is 15.7 Å². The molecule has 92 valence electrons. The minimum atomic E-state index is 0.533. The molecule has 0 unspecified atom stereocenters. The van der Waals surface area contributed by atoms with E-state index >= 15 is 0 Å². The predicted octanol–water partition coefficient (Wildman–Crippen LogP) is 2.34. The highest BCUT2D eigenvalue weighted by atomic mass is 32.1. The summed E-state index contributed by atoms with van der Waals surface area (Å²) >= 11 is 1.50. The van der Waals surface area contributed by atoms with E-state index in [1.165, 1.54) is 11.3 Å². The lowest BCUT2D eigenvalue weighted by atomic mass is 10.1. The Morgan fingerprint density at radius 2 is 2.28 bits per heavy atom. The molecule has 0 fully saturated rings. The number of aryl methyl sites for hydroxylation is 1. The molecule has 0 saturated heterocycles. The highest BCUT2D eigenvalue weighted by molar-refractivity contribution is 7.15. The van der Waals surface area contributed by atoms with Crippen LogP contribution in [0.4, 0.5) is 5.13 Å². The summed E-state index contributed by atoms with van der Waals surface area (Å²) in [6.07, 6.45) is 0. The van der Waals surface area contributed by atoms with Crippen molar-refractivity contribution in [3.05, 3.63) is 34.3 Å². The van der Waals surface area contributed by atoms with Gasteiger partial charge < -0.3 is 10.1 Å². The van der Waals surface area contributed by atoms with Gasteiger partial charge in [0.05, 0.1) is 12.7 Å². The first-order chi connectivity index (χ1) is 8.72. The average molecular weight is 260 g/mol. The zero-order chi connectivity index (χ0) is 13.0. The Labute approximate surface area is 109 Å². The van der Waals surface area contributed by atoms with Gasteiger partial charge in [-0.15, -0.1) is 10.2 Å². The van der Waals surface area contributed by atoms with Gasteiger partial charge in [-0.2, -0.15) is 5.26 Å². The molecular weight excluding hydrogens is 248 g/mol. The number of hydrogen-bond donors (Lipinski definition) is 1. The third-order valence-electron chi connectivity index (χ3n) is 2.35. The Kier molecular flexibility index (Phi) is 3.75. The fourth-order valence-electron chi connectivity index (χ4n) is 1.50. The number of aromatic nitrogens is 2. The fourth-order valence-corrected chi connectivity index (χ4v) is 2.09. The Balaban J connectivity index is 2.08. The van der Waals surface area contributed by atoms with Crippen LogP contribution >= 0.6 is 11.3 Å². The minimum Gasteiger partial charge on any atom is -0.495 e. The van der Waals surface area contributed by atoms with E-state index < -0.39 is 0 Å². The van der Waals surface area contributed by atoms with Crippen molar-refractivity contribution in [3.63, 3.8) is 0 Å². The molecule has 0 amide bonds. The van der Waals surface area contributed by atoms with Crippen LogP contribution in [0, 0.1) is 18.3 Å². The van der Waals surface area contributed by atoms with Crippen LogP contribution in [-0.4, -0.2) is 17.3 Å². The summed E-state index contributed by atoms with van der Waals surface area (Å²) in [6, 6.07) is 7.63.